The molecule has 0 radical (unpaired) electrons. The maximum absolute atomic E-state index is 12.9. The molecule has 0 saturated carbocycles. The van der Waals surface area contributed by atoms with Crippen molar-refractivity contribution < 1.29 is 22.8 Å². The molecule has 6 heteroatoms. The monoisotopic (exact) mass is 426 g/mol. The molecule has 0 bridgehead atoms. The van der Waals surface area contributed by atoms with Crippen LogP contribution in [0.1, 0.15) is 37.6 Å². The van der Waals surface area contributed by atoms with Crippen molar-refractivity contribution in [1.82, 2.24) is 0 Å². The molecule has 3 aromatic rings. The minimum atomic E-state index is -2.72. The number of ether oxygens (including phenoxy) is 1. The van der Waals surface area contributed by atoms with Gasteiger partial charge < -0.3 is 18.0 Å². The van der Waals surface area contributed by atoms with E-state index in [9.17, 15) is 4.79 Å². The average molecular weight is 427 g/mol. The number of hydrogen-bond donors (Lipinski definition) is 0. The van der Waals surface area contributed by atoms with Gasteiger partial charge in [0.25, 0.3) is 0 Å². The predicted molar refractivity (Wildman–Crippen MR) is 122 cm³/mol. The molecule has 0 aromatic heterocycles. The predicted octanol–water partition coefficient (Wildman–Crippen LogP) is 5.59. The summed E-state index contributed by atoms with van der Waals surface area (Å²) in [4.78, 5) is 12.9. The van der Waals surface area contributed by atoms with Crippen molar-refractivity contribution in [2.45, 2.75) is 33.2 Å². The highest BCUT2D eigenvalue weighted by Gasteiger charge is 2.39. The van der Waals surface area contributed by atoms with Crippen molar-refractivity contribution in [3.05, 3.63) is 60.2 Å². The third kappa shape index (κ3) is 5.07. The molecule has 0 aliphatic rings. The first-order chi connectivity index (χ1) is 14.6. The summed E-state index contributed by atoms with van der Waals surface area (Å²) in [5.74, 6) is -0.312. The third-order valence-electron chi connectivity index (χ3n) is 4.94. The van der Waals surface area contributed by atoms with E-state index in [4.69, 9.17) is 18.0 Å². The summed E-state index contributed by atoms with van der Waals surface area (Å²) in [6.07, 6.45) is 0.628. The highest BCUT2D eigenvalue weighted by molar-refractivity contribution is 6.60. The van der Waals surface area contributed by atoms with E-state index in [1.165, 1.54) is 0 Å². The van der Waals surface area contributed by atoms with E-state index < -0.39 is 8.80 Å². The summed E-state index contributed by atoms with van der Waals surface area (Å²) in [6.45, 7) is 7.71. The van der Waals surface area contributed by atoms with Gasteiger partial charge >= 0.3 is 14.8 Å². The fraction of sp³-hybridized carbons (Fsp3) is 0.375. The summed E-state index contributed by atoms with van der Waals surface area (Å²) in [5.41, 5.74) is 0.590. The lowest BCUT2D eigenvalue weighted by molar-refractivity contribution is 0.0471. The van der Waals surface area contributed by atoms with E-state index in [1.54, 1.807) is 0 Å². The molecule has 0 atom stereocenters. The van der Waals surface area contributed by atoms with E-state index in [0.717, 1.165) is 21.5 Å². The smallest absolute Gasteiger partial charge is 0.462 e. The minimum absolute atomic E-state index is 0.294. The lowest BCUT2D eigenvalue weighted by Gasteiger charge is -2.28. The van der Waals surface area contributed by atoms with Crippen LogP contribution in [0.4, 0.5) is 0 Å². The molecule has 0 N–H and O–H groups in total. The average Bonchev–Trinajstić information content (AvgIpc) is 2.76. The first-order valence-corrected chi connectivity index (χ1v) is 12.6. The molecular formula is C24H30O5Si. The third-order valence-corrected chi connectivity index (χ3v) is 8.09. The zero-order valence-electron chi connectivity index (χ0n) is 18.0. The number of fused-ring (bicyclic) bond motifs is 3. The Morgan fingerprint density at radius 1 is 0.800 bits per heavy atom. The number of benzene rings is 3. The van der Waals surface area contributed by atoms with E-state index in [-0.39, 0.29) is 5.97 Å². The van der Waals surface area contributed by atoms with Crippen LogP contribution >= 0.6 is 0 Å². The van der Waals surface area contributed by atoms with Crippen molar-refractivity contribution >= 4 is 36.3 Å². The van der Waals surface area contributed by atoms with Crippen molar-refractivity contribution in [2.75, 3.05) is 26.4 Å². The van der Waals surface area contributed by atoms with Crippen LogP contribution in [-0.4, -0.2) is 41.2 Å². The van der Waals surface area contributed by atoms with Crippen LogP contribution in [-0.2, 0) is 18.0 Å². The molecule has 0 saturated heterocycles. The minimum Gasteiger partial charge on any atom is -0.462 e. The van der Waals surface area contributed by atoms with Gasteiger partial charge in [-0.25, -0.2) is 4.79 Å². The summed E-state index contributed by atoms with van der Waals surface area (Å²) in [6, 6.07) is 18.6. The van der Waals surface area contributed by atoms with Crippen LogP contribution in [0.15, 0.2) is 54.6 Å². The van der Waals surface area contributed by atoms with Crippen LogP contribution in [0.3, 0.4) is 0 Å². The maximum Gasteiger partial charge on any atom is 0.501 e. The Morgan fingerprint density at radius 2 is 1.37 bits per heavy atom. The van der Waals surface area contributed by atoms with Gasteiger partial charge in [-0.1, -0.05) is 48.5 Å². The van der Waals surface area contributed by atoms with Crippen molar-refractivity contribution in [2.24, 2.45) is 0 Å². The number of carbonyl (C=O) groups excluding carboxylic acids is 1. The van der Waals surface area contributed by atoms with Gasteiger partial charge in [-0.05, 0) is 54.8 Å². The van der Waals surface area contributed by atoms with E-state index in [1.807, 2.05) is 69.3 Å². The Labute approximate surface area is 179 Å². The second kappa shape index (κ2) is 10.7. The number of hydrogen-bond acceptors (Lipinski definition) is 5. The van der Waals surface area contributed by atoms with Crippen LogP contribution < -0.4 is 0 Å². The van der Waals surface area contributed by atoms with Gasteiger partial charge in [0.05, 0.1) is 12.2 Å². The molecule has 0 aliphatic heterocycles. The SMILES string of the molecule is CCO[Si](CCCOC(=O)c1cc2ccccc2c2ccccc12)(OCC)OCC. The quantitative estimate of drug-likeness (QED) is 0.173. The van der Waals surface area contributed by atoms with E-state index >= 15 is 0 Å². The molecule has 3 rings (SSSR count). The van der Waals surface area contributed by atoms with Crippen molar-refractivity contribution in [1.29, 1.82) is 0 Å². The molecule has 0 unspecified atom stereocenters. The van der Waals surface area contributed by atoms with Gasteiger partial charge in [0.15, 0.2) is 0 Å². The van der Waals surface area contributed by atoms with E-state index in [0.29, 0.717) is 44.5 Å². The van der Waals surface area contributed by atoms with Gasteiger partial charge in [-0.15, -0.1) is 0 Å². The topological polar surface area (TPSA) is 54.0 Å². The van der Waals surface area contributed by atoms with Crippen LogP contribution in [0.5, 0.6) is 0 Å². The normalized spacial score (nSPS) is 11.8. The molecule has 0 amide bonds. The Bertz CT molecular complexity index is 971. The first kappa shape index (κ1) is 22.4. The van der Waals surface area contributed by atoms with Gasteiger partial charge in [-0.2, -0.15) is 0 Å². The van der Waals surface area contributed by atoms with E-state index in [2.05, 4.69) is 6.07 Å². The summed E-state index contributed by atoms with van der Waals surface area (Å²) in [5, 5.41) is 4.12. The van der Waals surface area contributed by atoms with Crippen molar-refractivity contribution in [3.63, 3.8) is 0 Å². The Kier molecular flexibility index (Phi) is 7.99. The van der Waals surface area contributed by atoms with Gasteiger partial charge in [0.1, 0.15) is 0 Å². The van der Waals surface area contributed by atoms with Gasteiger partial charge in [-0.3, -0.25) is 0 Å². The second-order valence-corrected chi connectivity index (χ2v) is 9.64. The molecule has 160 valence electrons. The molecule has 0 heterocycles. The highest BCUT2D eigenvalue weighted by Crippen LogP contribution is 2.29. The molecule has 30 heavy (non-hydrogen) atoms. The highest BCUT2D eigenvalue weighted by atomic mass is 28.4. The largest absolute Gasteiger partial charge is 0.501 e. The number of esters is 1. The number of carbonyl (C=O) groups is 1. The molecule has 5 nitrogen and oxygen atoms in total. The Balaban J connectivity index is 1.72. The molecule has 0 spiro atoms. The molecular weight excluding hydrogens is 396 g/mol. The zero-order chi connectivity index (χ0) is 21.4. The van der Waals surface area contributed by atoms with Gasteiger partial charge in [0.2, 0.25) is 0 Å². The van der Waals surface area contributed by atoms with Crippen LogP contribution in [0.25, 0.3) is 21.5 Å². The zero-order valence-corrected chi connectivity index (χ0v) is 19.0. The van der Waals surface area contributed by atoms with Crippen molar-refractivity contribution in [3.8, 4) is 0 Å². The fourth-order valence-electron chi connectivity index (χ4n) is 3.76. The summed E-state index contributed by atoms with van der Waals surface area (Å²) in [7, 11) is -2.72. The Morgan fingerprint density at radius 3 is 2.00 bits per heavy atom. The van der Waals surface area contributed by atoms with Crippen LogP contribution in [0, 0.1) is 0 Å². The second-order valence-electron chi connectivity index (χ2n) is 6.91. The van der Waals surface area contributed by atoms with Gasteiger partial charge in [0, 0.05) is 25.9 Å². The molecule has 3 aromatic carbocycles. The first-order valence-electron chi connectivity index (χ1n) is 10.6. The summed E-state index contributed by atoms with van der Waals surface area (Å²) >= 11 is 0. The lowest BCUT2D eigenvalue weighted by atomic mass is 9.97. The fourth-order valence-corrected chi connectivity index (χ4v) is 6.34. The lowest BCUT2D eigenvalue weighted by Crippen LogP contribution is -2.46. The maximum atomic E-state index is 12.9. The molecule has 0 aliphatic carbocycles. The standard InChI is InChI=1S/C24H30O5Si/c1-4-27-30(28-5-2,29-6-3)17-11-16-26-24(25)23-18-19-12-7-8-13-20(19)21-14-9-10-15-22(21)23/h7-10,12-15,18H,4-6,11,16-17H2,1-3H3. The molecule has 0 fully saturated rings. The Hall–Kier alpha value is -2.25. The summed E-state index contributed by atoms with van der Waals surface area (Å²) < 4.78 is 23.2. The number of rotatable bonds is 11. The van der Waals surface area contributed by atoms with Crippen LogP contribution in [0.2, 0.25) is 6.04 Å².